The Morgan fingerprint density at radius 2 is 1.94 bits per heavy atom. The van der Waals surface area contributed by atoms with E-state index in [9.17, 15) is 14.9 Å². The molecule has 0 radical (unpaired) electrons. The van der Waals surface area contributed by atoms with Crippen molar-refractivity contribution in [1.29, 1.82) is 0 Å². The topological polar surface area (TPSA) is 102 Å². The van der Waals surface area contributed by atoms with Crippen molar-refractivity contribution in [2.45, 2.75) is 0 Å². The number of amidine groups is 1. The van der Waals surface area contributed by atoms with Gasteiger partial charge in [0.15, 0.2) is 5.17 Å². The third-order valence-electron chi connectivity index (χ3n) is 4.94. The molecule has 1 fully saturated rings. The van der Waals surface area contributed by atoms with E-state index in [1.165, 1.54) is 34.1 Å². The van der Waals surface area contributed by atoms with Gasteiger partial charge in [0, 0.05) is 18.7 Å². The number of nitrogens with zero attached hydrogens (tertiary/aromatic N) is 4. The molecule has 1 aliphatic heterocycles. The summed E-state index contributed by atoms with van der Waals surface area (Å²) in [5, 5.41) is 12.4. The number of nitro groups is 1. The van der Waals surface area contributed by atoms with Crippen molar-refractivity contribution in [3.63, 3.8) is 0 Å². The molecule has 4 aromatic rings. The zero-order chi connectivity index (χ0) is 23.7. The molecular weight excluding hydrogens is 472 g/mol. The first-order valence-electron chi connectivity index (χ1n) is 10.1. The maximum absolute atomic E-state index is 13.1. The molecule has 0 saturated carbocycles. The highest BCUT2D eigenvalue weighted by Gasteiger charge is 2.33. The fourth-order valence-corrected chi connectivity index (χ4v) is 5.28. The fraction of sp³-hybridized carbons (Fsp3) is 0.0417. The highest BCUT2D eigenvalue weighted by atomic mass is 32.2. The monoisotopic (exact) mass is 488 g/mol. The maximum atomic E-state index is 13.1. The van der Waals surface area contributed by atoms with Gasteiger partial charge in [-0.3, -0.25) is 19.8 Å². The predicted octanol–water partition coefficient (Wildman–Crippen LogP) is 6.25. The van der Waals surface area contributed by atoms with Crippen LogP contribution in [0.15, 0.2) is 87.6 Å². The Balaban J connectivity index is 1.46. The average molecular weight is 489 g/mol. The van der Waals surface area contributed by atoms with Crippen LogP contribution in [0.2, 0.25) is 0 Å². The highest BCUT2D eigenvalue weighted by molar-refractivity contribution is 8.18. The van der Waals surface area contributed by atoms with Gasteiger partial charge in [0.2, 0.25) is 5.13 Å². The summed E-state index contributed by atoms with van der Waals surface area (Å²) < 4.78 is 6.84. The number of amides is 1. The van der Waals surface area contributed by atoms with E-state index in [0.29, 0.717) is 38.8 Å². The molecule has 1 amide bonds. The van der Waals surface area contributed by atoms with Gasteiger partial charge in [-0.15, -0.1) is 6.58 Å². The van der Waals surface area contributed by atoms with Crippen LogP contribution in [0.25, 0.3) is 27.6 Å². The van der Waals surface area contributed by atoms with Crippen LogP contribution in [-0.4, -0.2) is 32.4 Å². The Morgan fingerprint density at radius 1 is 1.15 bits per heavy atom. The van der Waals surface area contributed by atoms with E-state index in [1.807, 2.05) is 24.3 Å². The number of aromatic nitrogens is 1. The molecule has 168 valence electrons. The van der Waals surface area contributed by atoms with Crippen molar-refractivity contribution in [3.8, 4) is 11.3 Å². The normalized spacial score (nSPS) is 16.1. The molecular formula is C24H16N4O4S2. The summed E-state index contributed by atoms with van der Waals surface area (Å²) in [6.45, 7) is 4.04. The number of hydrogen-bond acceptors (Lipinski definition) is 8. The van der Waals surface area contributed by atoms with Crippen molar-refractivity contribution in [3.05, 3.63) is 94.1 Å². The third kappa shape index (κ3) is 4.16. The molecule has 2 aromatic heterocycles. The minimum Gasteiger partial charge on any atom is -0.456 e. The van der Waals surface area contributed by atoms with Gasteiger partial charge < -0.3 is 4.42 Å². The second-order valence-corrected chi connectivity index (χ2v) is 9.17. The molecule has 1 aliphatic rings. The van der Waals surface area contributed by atoms with Crippen LogP contribution in [0.1, 0.15) is 5.76 Å². The van der Waals surface area contributed by atoms with E-state index in [1.54, 1.807) is 42.5 Å². The number of para-hydroxylation sites is 2. The average Bonchev–Trinajstić information content (AvgIpc) is 3.54. The summed E-state index contributed by atoms with van der Waals surface area (Å²) in [4.78, 5) is 35.0. The second-order valence-electron chi connectivity index (χ2n) is 7.15. The second kappa shape index (κ2) is 9.08. The summed E-state index contributed by atoms with van der Waals surface area (Å²) in [7, 11) is 0. The summed E-state index contributed by atoms with van der Waals surface area (Å²) in [5.41, 5.74) is 1.17. The minimum atomic E-state index is -0.454. The number of fused-ring (bicyclic) bond motifs is 1. The smallest absolute Gasteiger partial charge is 0.280 e. The summed E-state index contributed by atoms with van der Waals surface area (Å²) in [6, 6.07) is 17.4. The quantitative estimate of drug-likeness (QED) is 0.137. The number of carbonyl (C=O) groups is 1. The lowest BCUT2D eigenvalue weighted by Crippen LogP contribution is -2.29. The number of carbonyl (C=O) groups excluding carboxylic acids is 1. The number of furan rings is 1. The SMILES string of the molecule is C=CCN1C(=O)/C(=C/c2ccc(-c3ccccc3[N+](=O)[O-])o2)S/C1=N/c1nc2ccccc2s1. The molecule has 3 heterocycles. The number of thiazole rings is 1. The first-order valence-corrected chi connectivity index (χ1v) is 11.8. The Hall–Kier alpha value is -4.02. The zero-order valence-electron chi connectivity index (χ0n) is 17.6. The van der Waals surface area contributed by atoms with Gasteiger partial charge in [0.05, 0.1) is 25.6 Å². The highest BCUT2D eigenvalue weighted by Crippen LogP contribution is 2.37. The van der Waals surface area contributed by atoms with E-state index in [-0.39, 0.29) is 11.6 Å². The van der Waals surface area contributed by atoms with Crippen molar-refractivity contribution >= 4 is 61.3 Å². The predicted molar refractivity (Wildman–Crippen MR) is 135 cm³/mol. The van der Waals surface area contributed by atoms with Crippen LogP contribution in [0, 0.1) is 10.1 Å². The number of hydrogen-bond donors (Lipinski definition) is 0. The lowest BCUT2D eigenvalue weighted by atomic mass is 10.1. The number of nitro benzene ring substituents is 1. The van der Waals surface area contributed by atoms with E-state index >= 15 is 0 Å². The van der Waals surface area contributed by atoms with Gasteiger partial charge in [0.25, 0.3) is 11.6 Å². The Labute approximate surface area is 202 Å². The maximum Gasteiger partial charge on any atom is 0.280 e. The van der Waals surface area contributed by atoms with Crippen molar-refractivity contribution in [2.24, 2.45) is 4.99 Å². The van der Waals surface area contributed by atoms with E-state index < -0.39 is 4.92 Å². The van der Waals surface area contributed by atoms with Crippen LogP contribution in [0.4, 0.5) is 10.8 Å². The van der Waals surface area contributed by atoms with Gasteiger partial charge in [-0.1, -0.05) is 41.7 Å². The fourth-order valence-electron chi connectivity index (χ4n) is 3.42. The minimum absolute atomic E-state index is 0.0511. The molecule has 0 N–H and O–H groups in total. The summed E-state index contributed by atoms with van der Waals surface area (Å²) >= 11 is 2.66. The molecule has 8 nitrogen and oxygen atoms in total. The molecule has 10 heteroatoms. The molecule has 0 atom stereocenters. The van der Waals surface area contributed by atoms with Crippen LogP contribution in [0.3, 0.4) is 0 Å². The van der Waals surface area contributed by atoms with E-state index in [0.717, 1.165) is 10.2 Å². The van der Waals surface area contributed by atoms with Crippen molar-refractivity contribution in [1.82, 2.24) is 9.88 Å². The lowest BCUT2D eigenvalue weighted by molar-refractivity contribution is -0.384. The van der Waals surface area contributed by atoms with Crippen molar-refractivity contribution < 1.29 is 14.1 Å². The number of aliphatic imine (C=N–C) groups is 1. The van der Waals surface area contributed by atoms with Crippen LogP contribution >= 0.6 is 23.1 Å². The van der Waals surface area contributed by atoms with E-state index in [2.05, 4.69) is 16.6 Å². The van der Waals surface area contributed by atoms with Gasteiger partial charge in [0.1, 0.15) is 11.5 Å². The van der Waals surface area contributed by atoms with Crippen LogP contribution in [0.5, 0.6) is 0 Å². The molecule has 1 saturated heterocycles. The molecule has 0 unspecified atom stereocenters. The third-order valence-corrected chi connectivity index (χ3v) is 6.88. The molecule has 0 bridgehead atoms. The molecule has 0 spiro atoms. The molecule has 0 aliphatic carbocycles. The Kier molecular flexibility index (Phi) is 5.83. The van der Waals surface area contributed by atoms with Crippen LogP contribution < -0.4 is 0 Å². The summed E-state index contributed by atoms with van der Waals surface area (Å²) in [5.74, 6) is 0.526. The standard InChI is InChI=1S/C24H16N4O4S2/c1-2-13-27-22(29)21(34-24(27)26-23-25-17-8-4-6-10-20(17)33-23)14-15-11-12-19(32-15)16-7-3-5-9-18(16)28(30)31/h2-12,14H,1,13H2/b21-14-,26-24+. The van der Waals surface area contributed by atoms with Crippen LogP contribution in [-0.2, 0) is 4.79 Å². The van der Waals surface area contributed by atoms with E-state index in [4.69, 9.17) is 4.42 Å². The Morgan fingerprint density at radius 3 is 2.74 bits per heavy atom. The lowest BCUT2D eigenvalue weighted by Gasteiger charge is -2.11. The molecule has 2 aromatic carbocycles. The first-order chi connectivity index (χ1) is 16.5. The first kappa shape index (κ1) is 21.8. The van der Waals surface area contributed by atoms with Gasteiger partial charge in [-0.2, -0.15) is 4.99 Å². The largest absolute Gasteiger partial charge is 0.456 e. The van der Waals surface area contributed by atoms with Crippen molar-refractivity contribution in [2.75, 3.05) is 6.54 Å². The van der Waals surface area contributed by atoms with Gasteiger partial charge >= 0.3 is 0 Å². The number of thioether (sulfide) groups is 1. The number of rotatable bonds is 6. The molecule has 5 rings (SSSR count). The van der Waals surface area contributed by atoms with Gasteiger partial charge in [-0.05, 0) is 42.1 Å². The number of benzene rings is 2. The Bertz CT molecular complexity index is 1470. The molecule has 34 heavy (non-hydrogen) atoms. The zero-order valence-corrected chi connectivity index (χ0v) is 19.2. The van der Waals surface area contributed by atoms with Gasteiger partial charge in [-0.25, -0.2) is 4.98 Å². The summed E-state index contributed by atoms with van der Waals surface area (Å²) in [6.07, 6.45) is 3.25.